The molecule has 9 heteroatoms. The number of cyclic esters (lactones) is 1. The molecule has 2 heterocycles. The molecule has 0 radical (unpaired) electrons. The second kappa shape index (κ2) is 5.42. The Labute approximate surface area is 149 Å². The minimum Gasteiger partial charge on any atom is -0.414 e. The molecule has 2 saturated heterocycles. The predicted octanol–water partition coefficient (Wildman–Crippen LogP) is 3.22. The molecule has 6 nitrogen and oxygen atoms in total. The molecule has 0 saturated carbocycles. The number of rotatable bonds is 4. The summed E-state index contributed by atoms with van der Waals surface area (Å²) in [6, 6.07) is -0.0327. The minimum atomic E-state index is -2.08. The van der Waals surface area contributed by atoms with E-state index in [1.165, 1.54) is 0 Å². The molecule has 2 fully saturated rings. The fraction of sp³-hybridized carbons (Fsp3) is 0.867. The Balaban J connectivity index is 2.91. The van der Waals surface area contributed by atoms with Gasteiger partial charge in [-0.15, -0.1) is 0 Å². The largest absolute Gasteiger partial charge is 0.482 e. The molecule has 0 aromatic heterocycles. The van der Waals surface area contributed by atoms with Gasteiger partial charge in [0.2, 0.25) is 0 Å². The molecule has 0 spiro atoms. The fourth-order valence-corrected chi connectivity index (χ4v) is 23.9. The zero-order valence-electron chi connectivity index (χ0n) is 16.7. The van der Waals surface area contributed by atoms with Gasteiger partial charge < -0.3 is 13.9 Å². The third-order valence-corrected chi connectivity index (χ3v) is 18.5. The van der Waals surface area contributed by atoms with Crippen LogP contribution in [0.4, 0.5) is 9.59 Å². The third kappa shape index (κ3) is 2.20. The molecular formula is C15H34N3O3Si3+. The van der Waals surface area contributed by atoms with Crippen molar-refractivity contribution in [2.75, 3.05) is 19.7 Å². The lowest BCUT2D eigenvalue weighted by molar-refractivity contribution is -0.698. The fourth-order valence-electron chi connectivity index (χ4n) is 5.38. The van der Waals surface area contributed by atoms with E-state index < -0.39 is 29.8 Å². The van der Waals surface area contributed by atoms with Crippen LogP contribution in [-0.2, 0) is 4.74 Å². The van der Waals surface area contributed by atoms with E-state index in [2.05, 4.69) is 64.2 Å². The summed E-state index contributed by atoms with van der Waals surface area (Å²) in [5.41, 5.74) is 0. The topological polar surface area (TPSA) is 58.6 Å². The van der Waals surface area contributed by atoms with Gasteiger partial charge in [-0.2, -0.15) is 4.79 Å². The maximum absolute atomic E-state index is 13.4. The molecule has 1 unspecified atom stereocenters. The molecule has 2 aliphatic rings. The summed E-state index contributed by atoms with van der Waals surface area (Å²) in [7, 11) is -6.17. The average molecular weight is 389 g/mol. The zero-order valence-corrected chi connectivity index (χ0v) is 19.7. The van der Waals surface area contributed by atoms with Crippen LogP contribution in [0.1, 0.15) is 0 Å². The molecular weight excluding hydrogens is 354 g/mol. The highest BCUT2D eigenvalue weighted by Gasteiger charge is 2.79. The van der Waals surface area contributed by atoms with Gasteiger partial charge in [-0.05, 0) is 39.3 Å². The molecule has 0 bridgehead atoms. The molecule has 2 aliphatic heterocycles. The second-order valence-corrected chi connectivity index (χ2v) is 25.8. The van der Waals surface area contributed by atoms with Crippen molar-refractivity contribution >= 4 is 36.7 Å². The van der Waals surface area contributed by atoms with Gasteiger partial charge in [0.25, 0.3) is 16.5 Å². The van der Waals surface area contributed by atoms with Gasteiger partial charge >= 0.3 is 12.1 Å². The van der Waals surface area contributed by atoms with Crippen molar-refractivity contribution in [1.29, 1.82) is 0 Å². The van der Waals surface area contributed by atoms with Crippen LogP contribution in [-0.4, -0.2) is 70.4 Å². The molecule has 3 amide bonds. The van der Waals surface area contributed by atoms with Crippen LogP contribution in [0.5, 0.6) is 0 Å². The first-order valence-electron chi connectivity index (χ1n) is 8.77. The van der Waals surface area contributed by atoms with E-state index in [-0.39, 0.29) is 12.1 Å². The van der Waals surface area contributed by atoms with E-state index in [1.54, 1.807) is 0 Å². The Morgan fingerprint density at radius 2 is 1.50 bits per heavy atom. The smallest absolute Gasteiger partial charge is 0.414 e. The van der Waals surface area contributed by atoms with Crippen molar-refractivity contribution < 1.29 is 18.1 Å². The molecule has 2 rings (SSSR count). The minimum absolute atomic E-state index is 0.0327. The maximum atomic E-state index is 13.4. The number of urea groups is 1. The standard InChI is InChI=1S/C15H33N3O3Si3/c1-22(2,3)15(17-11-10-16-13(17)19)12-21-14(20)18(15,23(4,5)6)24(7,8)9/h10-12H2,1-9H3/p+1. The second-order valence-electron chi connectivity index (χ2n) is 10.0. The van der Waals surface area contributed by atoms with E-state index in [1.807, 2.05) is 4.90 Å². The summed E-state index contributed by atoms with van der Waals surface area (Å²) >= 11 is 0. The Bertz CT molecular complexity index is 549. The number of hydrogen-bond donors (Lipinski definition) is 1. The van der Waals surface area contributed by atoms with Crippen LogP contribution in [0, 0.1) is 0 Å². The lowest BCUT2D eigenvalue weighted by Gasteiger charge is -2.64. The Kier molecular flexibility index (Phi) is 4.44. The highest BCUT2D eigenvalue weighted by Crippen LogP contribution is 2.51. The summed E-state index contributed by atoms with van der Waals surface area (Å²) in [5.74, 6) is 0. The van der Waals surface area contributed by atoms with Crippen molar-refractivity contribution in [3.63, 3.8) is 0 Å². The number of carbonyl (C=O) groups is 2. The van der Waals surface area contributed by atoms with Gasteiger partial charge in [0.1, 0.15) is 8.07 Å². The number of nitrogens with zero attached hydrogens (tertiary/aromatic N) is 2. The van der Waals surface area contributed by atoms with Gasteiger partial charge in [0.05, 0.1) is 0 Å². The number of hydrogen-bond acceptors (Lipinski definition) is 3. The van der Waals surface area contributed by atoms with Crippen molar-refractivity contribution in [3.8, 4) is 0 Å². The molecule has 0 aliphatic carbocycles. The average Bonchev–Trinajstić information content (AvgIpc) is 2.88. The predicted molar refractivity (Wildman–Crippen MR) is 104 cm³/mol. The van der Waals surface area contributed by atoms with E-state index in [9.17, 15) is 9.59 Å². The zero-order chi connectivity index (χ0) is 18.8. The van der Waals surface area contributed by atoms with Crippen LogP contribution in [0.3, 0.4) is 0 Å². The van der Waals surface area contributed by atoms with Crippen LogP contribution in [0.25, 0.3) is 0 Å². The highest BCUT2D eigenvalue weighted by molar-refractivity contribution is 6.88. The quantitative estimate of drug-likeness (QED) is 0.752. The van der Waals surface area contributed by atoms with Crippen molar-refractivity contribution in [1.82, 2.24) is 10.2 Å². The molecule has 0 aromatic carbocycles. The SMILES string of the molecule is C[Si](C)(C)C1(N2CCNC2=O)COC(=O)[N+]1([Si](C)(C)C)[Si](C)(C)C. The lowest BCUT2D eigenvalue weighted by atomic mass is 10.4. The van der Waals surface area contributed by atoms with Crippen molar-refractivity contribution in [3.05, 3.63) is 0 Å². The van der Waals surface area contributed by atoms with E-state index >= 15 is 0 Å². The molecule has 0 aromatic rings. The summed E-state index contributed by atoms with van der Waals surface area (Å²) in [5, 5.41) is 2.45. The summed E-state index contributed by atoms with van der Waals surface area (Å²) in [6.45, 7) is 22.1. The summed E-state index contributed by atoms with van der Waals surface area (Å²) < 4.78 is 6.27. The van der Waals surface area contributed by atoms with Crippen molar-refractivity contribution in [2.45, 2.75) is 64.2 Å². The van der Waals surface area contributed by atoms with Crippen LogP contribution in [0.2, 0.25) is 58.9 Å². The van der Waals surface area contributed by atoms with Gasteiger partial charge in [0.15, 0.2) is 11.9 Å². The first-order chi connectivity index (χ1) is 10.6. The molecule has 1 atom stereocenters. The molecule has 24 heavy (non-hydrogen) atoms. The van der Waals surface area contributed by atoms with Gasteiger partial charge in [0, 0.05) is 13.1 Å². The van der Waals surface area contributed by atoms with Crippen LogP contribution < -0.4 is 5.32 Å². The van der Waals surface area contributed by atoms with E-state index in [0.29, 0.717) is 23.5 Å². The number of carbonyl (C=O) groups excluding carboxylic acids is 2. The Morgan fingerprint density at radius 3 is 1.83 bits per heavy atom. The molecule has 138 valence electrons. The van der Waals surface area contributed by atoms with Gasteiger partial charge in [-0.3, -0.25) is 4.90 Å². The first-order valence-corrected chi connectivity index (χ1v) is 19.2. The number of amides is 3. The van der Waals surface area contributed by atoms with Crippen molar-refractivity contribution in [2.24, 2.45) is 0 Å². The third-order valence-electron chi connectivity index (χ3n) is 5.74. The van der Waals surface area contributed by atoms with Crippen LogP contribution in [0.15, 0.2) is 0 Å². The number of ether oxygens (including phenoxy) is 1. The summed E-state index contributed by atoms with van der Waals surface area (Å²) in [6.07, 6.45) is -0.0875. The lowest BCUT2D eigenvalue weighted by Crippen LogP contribution is -2.91. The molecule has 1 N–H and O–H groups in total. The summed E-state index contributed by atoms with van der Waals surface area (Å²) in [4.78, 5) is 28.1. The maximum Gasteiger partial charge on any atom is 0.482 e. The first kappa shape index (κ1) is 19.7. The van der Waals surface area contributed by atoms with Gasteiger partial charge in [-0.25, -0.2) is 4.79 Å². The van der Waals surface area contributed by atoms with E-state index in [4.69, 9.17) is 4.74 Å². The normalized spacial score (nSPS) is 28.1. The van der Waals surface area contributed by atoms with E-state index in [0.717, 1.165) is 0 Å². The monoisotopic (exact) mass is 388 g/mol. The Hall–Kier alpha value is -0.649. The van der Waals surface area contributed by atoms with Gasteiger partial charge in [-0.1, -0.05) is 19.6 Å². The highest BCUT2D eigenvalue weighted by atomic mass is 28.4. The number of quaternary nitrogens is 1. The Morgan fingerprint density at radius 1 is 1.00 bits per heavy atom. The number of nitrogens with one attached hydrogen (secondary N) is 1. The van der Waals surface area contributed by atoms with Crippen LogP contribution >= 0.6 is 0 Å².